The Morgan fingerprint density at radius 3 is 1.81 bits per heavy atom. The second-order valence-electron chi connectivity index (χ2n) is 6.06. The Kier molecular flexibility index (Phi) is 8.79. The van der Waals surface area contributed by atoms with Crippen molar-refractivity contribution in [2.75, 3.05) is 46.9 Å². The van der Waals surface area contributed by atoms with Gasteiger partial charge in [0.05, 0.1) is 25.4 Å². The predicted octanol–water partition coefficient (Wildman–Crippen LogP) is 2.48. The van der Waals surface area contributed by atoms with E-state index in [1.807, 2.05) is 27.7 Å². The SMILES string of the molecule is CC.CC.CN1CC2CC1CO2.CN1CC2COC(C2)C1. The monoisotopic (exact) mass is 300 g/mol. The first kappa shape index (κ1) is 18.9. The molecule has 4 unspecified atom stereocenters. The quantitative estimate of drug-likeness (QED) is 0.686. The molecular formula is C17H36N2O2. The summed E-state index contributed by atoms with van der Waals surface area (Å²) in [6.45, 7) is 13.5. The van der Waals surface area contributed by atoms with Crippen LogP contribution in [0.2, 0.25) is 0 Å². The van der Waals surface area contributed by atoms with E-state index in [4.69, 9.17) is 9.47 Å². The van der Waals surface area contributed by atoms with E-state index in [1.54, 1.807) is 0 Å². The fraction of sp³-hybridized carbons (Fsp3) is 1.00. The lowest BCUT2D eigenvalue weighted by molar-refractivity contribution is 0.0416. The van der Waals surface area contributed by atoms with Gasteiger partial charge in [-0.1, -0.05) is 27.7 Å². The molecule has 4 aliphatic heterocycles. The van der Waals surface area contributed by atoms with Crippen molar-refractivity contribution in [3.8, 4) is 0 Å². The normalized spacial score (nSPS) is 36.9. The molecule has 4 heterocycles. The second kappa shape index (κ2) is 9.78. The number of likely N-dealkylation sites (tertiary alicyclic amines) is 2. The Balaban J connectivity index is 0.000000171. The molecule has 0 aromatic rings. The Morgan fingerprint density at radius 2 is 1.38 bits per heavy atom. The summed E-state index contributed by atoms with van der Waals surface area (Å²) in [5, 5.41) is 0. The average Bonchev–Trinajstić information content (AvgIpc) is 3.20. The zero-order valence-electron chi connectivity index (χ0n) is 15.0. The highest BCUT2D eigenvalue weighted by Crippen LogP contribution is 2.26. The molecular weight excluding hydrogens is 264 g/mol. The van der Waals surface area contributed by atoms with Crippen LogP contribution in [0.15, 0.2) is 0 Å². The topological polar surface area (TPSA) is 24.9 Å². The molecule has 4 bridgehead atoms. The maximum Gasteiger partial charge on any atom is 0.0718 e. The molecule has 4 heteroatoms. The largest absolute Gasteiger partial charge is 0.377 e. The predicted molar refractivity (Wildman–Crippen MR) is 88.8 cm³/mol. The van der Waals surface area contributed by atoms with Gasteiger partial charge in [-0.05, 0) is 32.9 Å². The number of hydrogen-bond donors (Lipinski definition) is 0. The van der Waals surface area contributed by atoms with Crippen LogP contribution in [0.1, 0.15) is 40.5 Å². The smallest absolute Gasteiger partial charge is 0.0718 e. The molecule has 4 atom stereocenters. The summed E-state index contributed by atoms with van der Waals surface area (Å²) in [5.74, 6) is 0.841. The van der Waals surface area contributed by atoms with E-state index in [9.17, 15) is 0 Å². The molecule has 126 valence electrons. The maximum atomic E-state index is 5.51. The number of morpholine rings is 1. The summed E-state index contributed by atoms with van der Waals surface area (Å²) < 4.78 is 10.9. The maximum absolute atomic E-state index is 5.51. The lowest BCUT2D eigenvalue weighted by atomic mass is 10.0. The van der Waals surface area contributed by atoms with Gasteiger partial charge in [-0.3, -0.25) is 4.90 Å². The molecule has 21 heavy (non-hydrogen) atoms. The molecule has 4 rings (SSSR count). The Labute approximate surface area is 131 Å². The molecule has 4 saturated heterocycles. The molecule has 0 aromatic heterocycles. The van der Waals surface area contributed by atoms with E-state index in [0.29, 0.717) is 12.2 Å². The molecule has 4 aliphatic rings. The van der Waals surface area contributed by atoms with Crippen molar-refractivity contribution in [1.82, 2.24) is 9.80 Å². The molecule has 4 nitrogen and oxygen atoms in total. The highest BCUT2D eigenvalue weighted by atomic mass is 16.5. The molecule has 0 spiro atoms. The van der Waals surface area contributed by atoms with Crippen LogP contribution >= 0.6 is 0 Å². The van der Waals surface area contributed by atoms with E-state index in [-0.39, 0.29) is 0 Å². The number of likely N-dealkylation sites (N-methyl/N-ethyl adjacent to an activating group) is 2. The van der Waals surface area contributed by atoms with Crippen molar-refractivity contribution in [2.45, 2.75) is 58.8 Å². The van der Waals surface area contributed by atoms with Crippen LogP contribution in [-0.2, 0) is 9.47 Å². The Morgan fingerprint density at radius 1 is 0.762 bits per heavy atom. The Hall–Kier alpha value is -0.160. The number of ether oxygens (including phenoxy) is 2. The minimum absolute atomic E-state index is 0.564. The highest BCUT2D eigenvalue weighted by Gasteiger charge is 2.36. The number of hydrogen-bond acceptors (Lipinski definition) is 4. The number of piperidine rings is 1. The molecule has 0 saturated carbocycles. The minimum Gasteiger partial charge on any atom is -0.377 e. The summed E-state index contributed by atoms with van der Waals surface area (Å²) in [6.07, 6.45) is 3.72. The van der Waals surface area contributed by atoms with Crippen molar-refractivity contribution >= 4 is 0 Å². The van der Waals surface area contributed by atoms with Gasteiger partial charge < -0.3 is 14.4 Å². The molecule has 0 radical (unpaired) electrons. The minimum atomic E-state index is 0.564. The van der Waals surface area contributed by atoms with Gasteiger partial charge in [-0.15, -0.1) is 0 Å². The van der Waals surface area contributed by atoms with Crippen molar-refractivity contribution in [3.05, 3.63) is 0 Å². The van der Waals surface area contributed by atoms with E-state index in [1.165, 1.54) is 19.4 Å². The summed E-state index contributed by atoms with van der Waals surface area (Å²) in [4.78, 5) is 4.75. The van der Waals surface area contributed by atoms with Crippen LogP contribution in [-0.4, -0.2) is 75.0 Å². The molecule has 0 aromatic carbocycles. The summed E-state index contributed by atoms with van der Waals surface area (Å²) in [5.41, 5.74) is 0. The summed E-state index contributed by atoms with van der Waals surface area (Å²) in [6, 6.07) is 0.750. The van der Waals surface area contributed by atoms with Gasteiger partial charge >= 0.3 is 0 Å². The summed E-state index contributed by atoms with van der Waals surface area (Å²) in [7, 11) is 4.35. The standard InChI is InChI=1S/C7H13NO.C6H11NO.2C2H6/c1-8-3-6-2-7(4-8)9-5-6;1-7-3-6-2-5(7)4-8-6;2*1-2/h6-7H,2-5H2,1H3;5-6H,2-4H2,1H3;2*1-2H3. The van der Waals surface area contributed by atoms with Gasteiger partial charge in [-0.25, -0.2) is 0 Å². The van der Waals surface area contributed by atoms with Gasteiger partial charge in [0.25, 0.3) is 0 Å². The van der Waals surface area contributed by atoms with Crippen molar-refractivity contribution < 1.29 is 9.47 Å². The van der Waals surface area contributed by atoms with E-state index < -0.39 is 0 Å². The second-order valence-corrected chi connectivity index (χ2v) is 6.06. The van der Waals surface area contributed by atoms with Crippen LogP contribution in [0.25, 0.3) is 0 Å². The van der Waals surface area contributed by atoms with Gasteiger partial charge in [0.2, 0.25) is 0 Å². The van der Waals surface area contributed by atoms with Crippen LogP contribution < -0.4 is 0 Å². The van der Waals surface area contributed by atoms with Gasteiger partial charge in [0.1, 0.15) is 0 Å². The lowest BCUT2D eigenvalue weighted by Crippen LogP contribution is -2.35. The first-order chi connectivity index (χ1) is 10.2. The fourth-order valence-electron chi connectivity index (χ4n) is 3.49. The van der Waals surface area contributed by atoms with Gasteiger partial charge in [-0.2, -0.15) is 0 Å². The number of fused-ring (bicyclic) bond motifs is 4. The van der Waals surface area contributed by atoms with E-state index >= 15 is 0 Å². The molecule has 0 N–H and O–H groups in total. The van der Waals surface area contributed by atoms with Crippen molar-refractivity contribution in [3.63, 3.8) is 0 Å². The lowest BCUT2D eigenvalue weighted by Gasteiger charge is -2.25. The first-order valence-electron chi connectivity index (χ1n) is 8.82. The van der Waals surface area contributed by atoms with Crippen molar-refractivity contribution in [2.24, 2.45) is 5.92 Å². The third-order valence-corrected chi connectivity index (χ3v) is 4.42. The van der Waals surface area contributed by atoms with Gasteiger partial charge in [0, 0.05) is 25.7 Å². The Bertz CT molecular complexity index is 262. The van der Waals surface area contributed by atoms with E-state index in [2.05, 4.69) is 23.9 Å². The average molecular weight is 300 g/mol. The number of nitrogens with zero attached hydrogens (tertiary/aromatic N) is 2. The highest BCUT2D eigenvalue weighted by molar-refractivity contribution is 4.89. The molecule has 4 fully saturated rings. The first-order valence-corrected chi connectivity index (χ1v) is 8.82. The summed E-state index contributed by atoms with van der Waals surface area (Å²) >= 11 is 0. The van der Waals surface area contributed by atoms with Crippen LogP contribution in [0, 0.1) is 5.92 Å². The molecule has 0 amide bonds. The third-order valence-electron chi connectivity index (χ3n) is 4.42. The van der Waals surface area contributed by atoms with Crippen LogP contribution in [0.3, 0.4) is 0 Å². The number of rotatable bonds is 0. The third kappa shape index (κ3) is 5.51. The zero-order chi connectivity index (χ0) is 15.8. The van der Waals surface area contributed by atoms with Crippen LogP contribution in [0.4, 0.5) is 0 Å². The van der Waals surface area contributed by atoms with E-state index in [0.717, 1.165) is 38.3 Å². The zero-order valence-corrected chi connectivity index (χ0v) is 15.0. The van der Waals surface area contributed by atoms with Gasteiger partial charge in [0.15, 0.2) is 0 Å². The van der Waals surface area contributed by atoms with Crippen molar-refractivity contribution in [1.29, 1.82) is 0 Å². The van der Waals surface area contributed by atoms with Crippen LogP contribution in [0.5, 0.6) is 0 Å². The molecule has 0 aliphatic carbocycles. The fourth-order valence-corrected chi connectivity index (χ4v) is 3.49.